The first-order valence-electron chi connectivity index (χ1n) is 10.6. The lowest BCUT2D eigenvalue weighted by molar-refractivity contribution is -0.185. The van der Waals surface area contributed by atoms with Crippen LogP contribution in [-0.2, 0) is 4.79 Å². The van der Waals surface area contributed by atoms with Crippen LogP contribution >= 0.6 is 27.5 Å². The molecule has 0 atom stereocenters. The number of rotatable bonds is 4. The fraction of sp³-hybridized carbons (Fsp3) is 0.250. The predicted octanol–water partition coefficient (Wildman–Crippen LogP) is 5.73. The first-order chi connectivity index (χ1) is 16.6. The van der Waals surface area contributed by atoms with Crippen molar-refractivity contribution < 1.29 is 27.5 Å². The first kappa shape index (κ1) is 25.1. The molecule has 4 rings (SSSR count). The second-order valence-electron chi connectivity index (χ2n) is 7.89. The molecule has 1 saturated heterocycles. The monoisotopic (exact) mass is 569 g/mol. The highest BCUT2D eigenvalue weighted by Crippen LogP contribution is 2.38. The fourth-order valence-electron chi connectivity index (χ4n) is 4.06. The summed E-state index contributed by atoms with van der Waals surface area (Å²) in [6.45, 7) is 0.133. The number of ether oxygens (including phenoxy) is 1. The number of halogens is 5. The molecule has 35 heavy (non-hydrogen) atoms. The number of hydrogen-bond donors (Lipinski definition) is 1. The van der Waals surface area contributed by atoms with Crippen LogP contribution in [0.1, 0.15) is 10.4 Å². The van der Waals surface area contributed by atoms with Crippen molar-refractivity contribution >= 4 is 61.5 Å². The van der Waals surface area contributed by atoms with Gasteiger partial charge in [-0.05, 0) is 51.0 Å². The Hall–Kier alpha value is -2.98. The molecule has 0 bridgehead atoms. The van der Waals surface area contributed by atoms with Crippen molar-refractivity contribution in [3.05, 3.63) is 63.6 Å². The van der Waals surface area contributed by atoms with E-state index in [1.54, 1.807) is 29.2 Å². The smallest absolute Gasteiger partial charge is 0.471 e. The maximum absolute atomic E-state index is 13.3. The number of fused-ring (bicyclic) bond motifs is 1. The van der Waals surface area contributed by atoms with E-state index in [-0.39, 0.29) is 26.2 Å². The van der Waals surface area contributed by atoms with Crippen LogP contribution in [0.3, 0.4) is 0 Å². The molecule has 6 nitrogen and oxygen atoms in total. The molecule has 1 N–H and O–H groups in total. The van der Waals surface area contributed by atoms with Crippen LogP contribution in [0.4, 0.5) is 24.5 Å². The van der Waals surface area contributed by atoms with E-state index in [0.29, 0.717) is 32.2 Å². The first-order valence-corrected chi connectivity index (χ1v) is 11.7. The SMILES string of the molecule is COc1c(C(=O)Nc2cc(Cl)ccc2N2CCN(C(=O)C(F)(F)F)CC2)cc2ccccc2c1Br. The molecule has 1 aliphatic rings. The van der Waals surface area contributed by atoms with Crippen molar-refractivity contribution in [2.75, 3.05) is 43.5 Å². The van der Waals surface area contributed by atoms with Crippen LogP contribution in [0.15, 0.2) is 53.0 Å². The van der Waals surface area contributed by atoms with Crippen LogP contribution in [0, 0.1) is 0 Å². The summed E-state index contributed by atoms with van der Waals surface area (Å²) in [4.78, 5) is 27.5. The average Bonchev–Trinajstić information content (AvgIpc) is 2.83. The van der Waals surface area contributed by atoms with Crippen molar-refractivity contribution in [3.63, 3.8) is 0 Å². The van der Waals surface area contributed by atoms with Crippen molar-refractivity contribution in [3.8, 4) is 5.75 Å². The van der Waals surface area contributed by atoms with Gasteiger partial charge in [0.2, 0.25) is 0 Å². The van der Waals surface area contributed by atoms with Crippen LogP contribution in [-0.4, -0.2) is 56.2 Å². The fourth-order valence-corrected chi connectivity index (χ4v) is 4.96. The number of anilines is 2. The Bertz CT molecular complexity index is 1290. The van der Waals surface area contributed by atoms with E-state index in [9.17, 15) is 22.8 Å². The maximum Gasteiger partial charge on any atom is 0.471 e. The molecule has 1 fully saturated rings. The number of benzene rings is 3. The van der Waals surface area contributed by atoms with E-state index in [1.165, 1.54) is 7.11 Å². The molecule has 1 heterocycles. The predicted molar refractivity (Wildman–Crippen MR) is 132 cm³/mol. The molecule has 11 heteroatoms. The van der Waals surface area contributed by atoms with E-state index >= 15 is 0 Å². The summed E-state index contributed by atoms with van der Waals surface area (Å²) in [5, 5.41) is 4.96. The number of methoxy groups -OCH3 is 1. The van der Waals surface area contributed by atoms with Gasteiger partial charge in [0.1, 0.15) is 5.75 Å². The van der Waals surface area contributed by atoms with Gasteiger partial charge in [-0.3, -0.25) is 9.59 Å². The van der Waals surface area contributed by atoms with Crippen LogP contribution in [0.2, 0.25) is 5.02 Å². The topological polar surface area (TPSA) is 61.9 Å². The molecular weight excluding hydrogens is 551 g/mol. The van der Waals surface area contributed by atoms with Gasteiger partial charge in [-0.25, -0.2) is 0 Å². The molecule has 0 spiro atoms. The number of carbonyl (C=O) groups is 2. The Kier molecular flexibility index (Phi) is 7.14. The number of hydrogen-bond acceptors (Lipinski definition) is 4. The largest absolute Gasteiger partial charge is 0.495 e. The highest BCUT2D eigenvalue weighted by Gasteiger charge is 2.43. The summed E-state index contributed by atoms with van der Waals surface area (Å²) < 4.78 is 44.5. The number of alkyl halides is 3. The van der Waals surface area contributed by atoms with Crippen LogP contribution in [0.25, 0.3) is 10.8 Å². The zero-order valence-corrected chi connectivity index (χ0v) is 20.8. The van der Waals surface area contributed by atoms with Gasteiger partial charge in [-0.2, -0.15) is 13.2 Å². The second-order valence-corrected chi connectivity index (χ2v) is 9.11. The molecular formula is C24H20BrClF3N3O3. The molecule has 0 aromatic heterocycles. The zero-order valence-electron chi connectivity index (χ0n) is 18.5. The Morgan fingerprint density at radius 2 is 1.74 bits per heavy atom. The molecule has 0 aliphatic carbocycles. The minimum absolute atomic E-state index is 0.0974. The summed E-state index contributed by atoms with van der Waals surface area (Å²) in [6, 6.07) is 14.1. The normalized spacial score (nSPS) is 14.2. The average molecular weight is 571 g/mol. The van der Waals surface area contributed by atoms with Gasteiger partial charge in [0.25, 0.3) is 5.91 Å². The molecule has 2 amide bonds. The quantitative estimate of drug-likeness (QED) is 0.436. The molecule has 0 saturated carbocycles. The third-order valence-electron chi connectivity index (χ3n) is 5.75. The van der Waals surface area contributed by atoms with Crippen molar-refractivity contribution in [1.82, 2.24) is 4.90 Å². The Labute approximate surface area is 212 Å². The highest BCUT2D eigenvalue weighted by atomic mass is 79.9. The lowest BCUT2D eigenvalue weighted by Crippen LogP contribution is -2.52. The molecule has 0 unspecified atom stereocenters. The summed E-state index contributed by atoms with van der Waals surface area (Å²) in [5.41, 5.74) is 1.27. The number of piperazine rings is 1. The Morgan fingerprint density at radius 1 is 1.06 bits per heavy atom. The van der Waals surface area contributed by atoms with E-state index in [4.69, 9.17) is 16.3 Å². The highest BCUT2D eigenvalue weighted by molar-refractivity contribution is 9.10. The zero-order chi connectivity index (χ0) is 25.3. The molecule has 184 valence electrons. The van der Waals surface area contributed by atoms with Crippen LogP contribution in [0.5, 0.6) is 5.75 Å². The minimum Gasteiger partial charge on any atom is -0.495 e. The van der Waals surface area contributed by atoms with Crippen LogP contribution < -0.4 is 15.0 Å². The maximum atomic E-state index is 13.3. The summed E-state index contributed by atoms with van der Waals surface area (Å²) >= 11 is 9.70. The lowest BCUT2D eigenvalue weighted by atomic mass is 10.0. The van der Waals surface area contributed by atoms with E-state index in [2.05, 4.69) is 21.2 Å². The van der Waals surface area contributed by atoms with Gasteiger partial charge >= 0.3 is 12.1 Å². The third kappa shape index (κ3) is 5.18. The molecule has 1 aliphatic heterocycles. The molecule has 3 aromatic rings. The Morgan fingerprint density at radius 3 is 2.40 bits per heavy atom. The number of nitrogens with zero attached hydrogens (tertiary/aromatic N) is 2. The Balaban J connectivity index is 1.60. The summed E-state index contributed by atoms with van der Waals surface area (Å²) in [7, 11) is 1.47. The molecule has 0 radical (unpaired) electrons. The summed E-state index contributed by atoms with van der Waals surface area (Å²) in [5.74, 6) is -1.93. The molecule has 3 aromatic carbocycles. The van der Waals surface area contributed by atoms with E-state index in [1.807, 2.05) is 24.3 Å². The van der Waals surface area contributed by atoms with Crippen molar-refractivity contribution in [1.29, 1.82) is 0 Å². The lowest BCUT2D eigenvalue weighted by Gasteiger charge is -2.37. The number of amides is 2. The number of carbonyl (C=O) groups excluding carboxylic acids is 2. The van der Waals surface area contributed by atoms with Gasteiger partial charge in [-0.15, -0.1) is 0 Å². The van der Waals surface area contributed by atoms with Gasteiger partial charge in [0.15, 0.2) is 0 Å². The van der Waals surface area contributed by atoms with Crippen molar-refractivity contribution in [2.45, 2.75) is 6.18 Å². The second kappa shape index (κ2) is 9.94. The van der Waals surface area contributed by atoms with E-state index < -0.39 is 18.0 Å². The third-order valence-corrected chi connectivity index (χ3v) is 6.77. The number of nitrogens with one attached hydrogen (secondary N) is 1. The van der Waals surface area contributed by atoms with Gasteiger partial charge in [0.05, 0.1) is 28.5 Å². The summed E-state index contributed by atoms with van der Waals surface area (Å²) in [6.07, 6.45) is -4.91. The van der Waals surface area contributed by atoms with E-state index in [0.717, 1.165) is 15.7 Å². The standard InChI is InChI=1S/C24H20BrClF3N3O3/c1-35-21-17(12-14-4-2-3-5-16(14)20(21)25)22(33)30-18-13-15(26)6-7-19(18)31-8-10-32(11-9-31)23(34)24(27,28)29/h2-7,12-13H,8-11H2,1H3,(H,30,33). The van der Waals surface area contributed by atoms with Gasteiger partial charge in [0, 0.05) is 31.2 Å². The minimum atomic E-state index is -4.91. The van der Waals surface area contributed by atoms with Gasteiger partial charge < -0.3 is 19.9 Å². The van der Waals surface area contributed by atoms with Crippen molar-refractivity contribution in [2.24, 2.45) is 0 Å². The van der Waals surface area contributed by atoms with Gasteiger partial charge in [-0.1, -0.05) is 35.9 Å².